The molecule has 4 nitrogen and oxygen atoms in total. The van der Waals surface area contributed by atoms with E-state index in [1.807, 2.05) is 0 Å². The molecule has 14 heavy (non-hydrogen) atoms. The average molecular weight is 426 g/mol. The molecule has 0 aliphatic heterocycles. The molecule has 0 fully saturated rings. The van der Waals surface area contributed by atoms with Crippen LogP contribution in [-0.4, -0.2) is 9.91 Å². The van der Waals surface area contributed by atoms with E-state index in [4.69, 9.17) is 0 Å². The van der Waals surface area contributed by atoms with Crippen molar-refractivity contribution >= 4 is 50.9 Å². The first-order chi connectivity index (χ1) is 6.45. The molecular formula is C6H2F2I2N2O2. The summed E-state index contributed by atoms with van der Waals surface area (Å²) in [4.78, 5) is 13.3. The number of pyridine rings is 1. The highest BCUT2D eigenvalue weighted by Gasteiger charge is 2.28. The van der Waals surface area contributed by atoms with Crippen molar-refractivity contribution in [1.82, 2.24) is 4.98 Å². The van der Waals surface area contributed by atoms with Gasteiger partial charge in [0.25, 0.3) is 6.43 Å². The molecule has 1 heterocycles. The molecule has 76 valence electrons. The van der Waals surface area contributed by atoms with Crippen LogP contribution in [0.2, 0.25) is 0 Å². The number of nitro groups is 1. The topological polar surface area (TPSA) is 56.0 Å². The van der Waals surface area contributed by atoms with Gasteiger partial charge in [0.2, 0.25) is 0 Å². The first kappa shape index (κ1) is 11.9. The van der Waals surface area contributed by atoms with Gasteiger partial charge in [-0.3, -0.25) is 10.1 Å². The van der Waals surface area contributed by atoms with E-state index in [-0.39, 0.29) is 7.27 Å². The van der Waals surface area contributed by atoms with Gasteiger partial charge in [0.05, 0.1) is 4.92 Å². The quantitative estimate of drug-likeness (QED) is 0.316. The molecule has 0 unspecified atom stereocenters. The molecule has 1 rings (SSSR count). The van der Waals surface area contributed by atoms with Crippen LogP contribution in [-0.2, 0) is 0 Å². The molecule has 0 atom stereocenters. The van der Waals surface area contributed by atoms with Gasteiger partial charge >= 0.3 is 5.69 Å². The zero-order valence-corrected chi connectivity index (χ0v) is 10.7. The van der Waals surface area contributed by atoms with Crippen molar-refractivity contribution in [3.05, 3.63) is 29.1 Å². The van der Waals surface area contributed by atoms with Crippen LogP contribution in [0.3, 0.4) is 0 Å². The standard InChI is InChI=1S/C6H2F2I2N2O2/c7-5(8)3-2(9)1-11-6(10)4(3)12(13)14/h1,5H. The summed E-state index contributed by atoms with van der Waals surface area (Å²) in [6.07, 6.45) is -1.67. The second-order valence-electron chi connectivity index (χ2n) is 2.22. The van der Waals surface area contributed by atoms with Gasteiger partial charge in [-0.15, -0.1) is 0 Å². The lowest BCUT2D eigenvalue weighted by Crippen LogP contribution is -2.03. The zero-order chi connectivity index (χ0) is 10.9. The summed E-state index contributed by atoms with van der Waals surface area (Å²) in [7, 11) is 0. The fourth-order valence-corrected chi connectivity index (χ4v) is 2.11. The van der Waals surface area contributed by atoms with Gasteiger partial charge in [-0.2, -0.15) is 0 Å². The van der Waals surface area contributed by atoms with E-state index in [1.54, 1.807) is 45.2 Å². The van der Waals surface area contributed by atoms with E-state index in [1.165, 1.54) is 6.20 Å². The monoisotopic (exact) mass is 426 g/mol. The van der Waals surface area contributed by atoms with Crippen molar-refractivity contribution in [2.75, 3.05) is 0 Å². The van der Waals surface area contributed by atoms with Crippen LogP contribution in [0.15, 0.2) is 6.20 Å². The summed E-state index contributed by atoms with van der Waals surface area (Å²) < 4.78 is 25.1. The summed E-state index contributed by atoms with van der Waals surface area (Å²) in [5, 5.41) is 10.5. The van der Waals surface area contributed by atoms with Crippen LogP contribution in [0.4, 0.5) is 14.5 Å². The minimum absolute atomic E-state index is 0.0247. The Hall–Kier alpha value is -0.130. The summed E-state index contributed by atoms with van der Waals surface area (Å²) >= 11 is 3.16. The van der Waals surface area contributed by atoms with Crippen molar-refractivity contribution < 1.29 is 13.7 Å². The largest absolute Gasteiger partial charge is 0.310 e. The van der Waals surface area contributed by atoms with Crippen LogP contribution < -0.4 is 0 Å². The maximum atomic E-state index is 12.5. The van der Waals surface area contributed by atoms with Crippen LogP contribution in [0, 0.1) is 17.4 Å². The maximum absolute atomic E-state index is 12.5. The Morgan fingerprint density at radius 1 is 1.50 bits per heavy atom. The summed E-state index contributed by atoms with van der Waals surface area (Å²) in [6.45, 7) is 0. The van der Waals surface area contributed by atoms with Crippen LogP contribution in [0.25, 0.3) is 0 Å². The molecule has 1 aromatic rings. The third-order valence-electron chi connectivity index (χ3n) is 1.40. The highest BCUT2D eigenvalue weighted by Crippen LogP contribution is 2.34. The lowest BCUT2D eigenvalue weighted by atomic mass is 10.2. The number of rotatable bonds is 2. The van der Waals surface area contributed by atoms with Crippen molar-refractivity contribution in [2.45, 2.75) is 6.43 Å². The van der Waals surface area contributed by atoms with E-state index < -0.39 is 22.6 Å². The molecule has 0 spiro atoms. The lowest BCUT2D eigenvalue weighted by Gasteiger charge is -2.04. The van der Waals surface area contributed by atoms with Gasteiger partial charge in [0.1, 0.15) is 5.56 Å². The van der Waals surface area contributed by atoms with Gasteiger partial charge in [-0.25, -0.2) is 13.8 Å². The fourth-order valence-electron chi connectivity index (χ4n) is 0.850. The van der Waals surface area contributed by atoms with E-state index in [2.05, 4.69) is 4.98 Å². The average Bonchev–Trinajstić information content (AvgIpc) is 2.07. The predicted molar refractivity (Wildman–Crippen MR) is 61.3 cm³/mol. The summed E-state index contributed by atoms with van der Waals surface area (Å²) in [5.41, 5.74) is -1.16. The second-order valence-corrected chi connectivity index (χ2v) is 4.40. The third kappa shape index (κ3) is 2.27. The molecule has 1 aromatic heterocycles. The van der Waals surface area contributed by atoms with E-state index in [0.29, 0.717) is 0 Å². The highest BCUT2D eigenvalue weighted by molar-refractivity contribution is 14.1. The molecule has 0 N–H and O–H groups in total. The molecule has 0 radical (unpaired) electrons. The SMILES string of the molecule is O=[N+]([O-])c1c(I)ncc(I)c1C(F)F. The first-order valence-corrected chi connectivity index (χ1v) is 5.37. The number of hydrogen-bond donors (Lipinski definition) is 0. The molecule has 0 aromatic carbocycles. The van der Waals surface area contributed by atoms with Crippen LogP contribution in [0.1, 0.15) is 12.0 Å². The number of nitrogens with zero attached hydrogens (tertiary/aromatic N) is 2. The Labute approximate surface area is 105 Å². The Bertz CT molecular complexity index is 386. The van der Waals surface area contributed by atoms with Crippen molar-refractivity contribution in [3.8, 4) is 0 Å². The second kappa shape index (κ2) is 4.59. The minimum atomic E-state index is -2.86. The van der Waals surface area contributed by atoms with Gasteiger partial charge in [0, 0.05) is 9.77 Å². The first-order valence-electron chi connectivity index (χ1n) is 3.21. The van der Waals surface area contributed by atoms with Crippen molar-refractivity contribution in [1.29, 1.82) is 0 Å². The van der Waals surface area contributed by atoms with E-state index in [9.17, 15) is 18.9 Å². The molecular weight excluding hydrogens is 424 g/mol. The lowest BCUT2D eigenvalue weighted by molar-refractivity contribution is -0.387. The third-order valence-corrected chi connectivity index (χ3v) is 3.05. The number of aromatic nitrogens is 1. The van der Waals surface area contributed by atoms with Crippen molar-refractivity contribution in [2.24, 2.45) is 0 Å². The van der Waals surface area contributed by atoms with Gasteiger partial charge in [0.15, 0.2) is 3.70 Å². The molecule has 0 amide bonds. The molecule has 0 bridgehead atoms. The van der Waals surface area contributed by atoms with Gasteiger partial charge in [-0.05, 0) is 45.2 Å². The number of alkyl halides is 2. The fraction of sp³-hybridized carbons (Fsp3) is 0.167. The molecule has 8 heteroatoms. The maximum Gasteiger partial charge on any atom is 0.310 e. The Balaban J connectivity index is 3.50. The van der Waals surface area contributed by atoms with Crippen molar-refractivity contribution in [3.63, 3.8) is 0 Å². The zero-order valence-electron chi connectivity index (χ0n) is 6.38. The molecule has 0 aliphatic rings. The number of halogens is 4. The Morgan fingerprint density at radius 3 is 2.43 bits per heavy atom. The molecule has 0 aliphatic carbocycles. The number of hydrogen-bond acceptors (Lipinski definition) is 3. The normalized spacial score (nSPS) is 10.6. The van der Waals surface area contributed by atoms with Crippen LogP contribution in [0.5, 0.6) is 0 Å². The Kier molecular flexibility index (Phi) is 3.92. The van der Waals surface area contributed by atoms with Crippen LogP contribution >= 0.6 is 45.2 Å². The smallest absolute Gasteiger partial charge is 0.258 e. The minimum Gasteiger partial charge on any atom is -0.258 e. The highest BCUT2D eigenvalue weighted by atomic mass is 127. The predicted octanol–water partition coefficient (Wildman–Crippen LogP) is 3.14. The van der Waals surface area contributed by atoms with E-state index in [0.717, 1.165) is 0 Å². The Morgan fingerprint density at radius 2 is 2.07 bits per heavy atom. The van der Waals surface area contributed by atoms with Gasteiger partial charge < -0.3 is 0 Å². The van der Waals surface area contributed by atoms with E-state index >= 15 is 0 Å². The molecule has 0 saturated heterocycles. The molecule has 0 saturated carbocycles. The van der Waals surface area contributed by atoms with Gasteiger partial charge in [-0.1, -0.05) is 0 Å². The summed E-state index contributed by atoms with van der Waals surface area (Å²) in [5.74, 6) is 0. The summed E-state index contributed by atoms with van der Waals surface area (Å²) in [6, 6.07) is 0.